The third-order valence-corrected chi connectivity index (χ3v) is 4.41. The molecule has 0 unspecified atom stereocenters. The second kappa shape index (κ2) is 8.97. The normalized spacial score (nSPS) is 11.3. The Bertz CT molecular complexity index is 840. The molecule has 0 spiro atoms. The quantitative estimate of drug-likeness (QED) is 0.655. The summed E-state index contributed by atoms with van der Waals surface area (Å²) >= 11 is 1.23. The molecule has 26 heavy (non-hydrogen) atoms. The van der Waals surface area contributed by atoms with E-state index in [1.54, 1.807) is 18.4 Å². The Labute approximate surface area is 155 Å². The summed E-state index contributed by atoms with van der Waals surface area (Å²) in [6.45, 7) is 3.56. The molecule has 7 nitrogen and oxygen atoms in total. The first-order valence-electron chi connectivity index (χ1n) is 7.82. The van der Waals surface area contributed by atoms with Gasteiger partial charge in [-0.15, -0.1) is 11.3 Å². The lowest BCUT2D eigenvalue weighted by molar-refractivity contribution is -0.122. The monoisotopic (exact) mass is 374 g/mol. The smallest absolute Gasteiger partial charge is 0.338 e. The Morgan fingerprint density at radius 2 is 2.12 bits per heavy atom. The van der Waals surface area contributed by atoms with Crippen LogP contribution in [-0.4, -0.2) is 37.1 Å². The van der Waals surface area contributed by atoms with Gasteiger partial charge >= 0.3 is 5.97 Å². The Kier molecular flexibility index (Phi) is 6.69. The van der Waals surface area contributed by atoms with Crippen molar-refractivity contribution in [1.82, 2.24) is 4.98 Å². The molecule has 0 fully saturated rings. The highest BCUT2D eigenvalue weighted by Gasteiger charge is 2.25. The van der Waals surface area contributed by atoms with Crippen molar-refractivity contribution >= 4 is 23.1 Å². The number of carbonyl (C=O) groups is 2. The maximum atomic E-state index is 12.2. The van der Waals surface area contributed by atoms with E-state index in [1.165, 1.54) is 30.6 Å². The molecule has 0 bridgehead atoms. The summed E-state index contributed by atoms with van der Waals surface area (Å²) in [6.07, 6.45) is 0. The molecule has 136 valence electrons. The summed E-state index contributed by atoms with van der Waals surface area (Å²) in [5.74, 6) is -1.36. The zero-order valence-electron chi connectivity index (χ0n) is 14.6. The average Bonchev–Trinajstić information content (AvgIpc) is 3.06. The van der Waals surface area contributed by atoms with Gasteiger partial charge in [0.15, 0.2) is 29.8 Å². The standard InChI is InChI=1S/C18H18N2O5S/c1-4-24-15-6-5-12(7-16(15)23-3)18(22)25-9-14(21)13(8-19)17-20-11(2)10-26-17/h5-7,10,13H,4,9H2,1-3H3/t13-/m0/s1. The Balaban J connectivity index is 2.03. The molecule has 0 N–H and O–H groups in total. The second-order valence-corrected chi connectivity index (χ2v) is 6.12. The minimum Gasteiger partial charge on any atom is -0.493 e. The average molecular weight is 374 g/mol. The molecule has 0 radical (unpaired) electrons. The van der Waals surface area contributed by atoms with E-state index >= 15 is 0 Å². The van der Waals surface area contributed by atoms with E-state index in [0.717, 1.165) is 5.69 Å². The SMILES string of the molecule is CCOc1ccc(C(=O)OCC(=O)[C@H](C#N)c2nc(C)cs2)cc1OC. The summed E-state index contributed by atoms with van der Waals surface area (Å²) < 4.78 is 15.6. The number of carbonyl (C=O) groups excluding carboxylic acids is 2. The van der Waals surface area contributed by atoms with Crippen LogP contribution in [0, 0.1) is 18.3 Å². The Morgan fingerprint density at radius 1 is 1.35 bits per heavy atom. The van der Waals surface area contributed by atoms with Crippen molar-refractivity contribution in [3.8, 4) is 17.6 Å². The van der Waals surface area contributed by atoms with Crippen molar-refractivity contribution < 1.29 is 23.8 Å². The van der Waals surface area contributed by atoms with Gasteiger partial charge in [-0.1, -0.05) is 0 Å². The van der Waals surface area contributed by atoms with E-state index in [0.29, 0.717) is 23.1 Å². The number of benzene rings is 1. The van der Waals surface area contributed by atoms with E-state index in [9.17, 15) is 14.9 Å². The van der Waals surface area contributed by atoms with Crippen LogP contribution in [0.15, 0.2) is 23.6 Å². The van der Waals surface area contributed by atoms with Crippen molar-refractivity contribution in [2.45, 2.75) is 19.8 Å². The molecule has 0 amide bonds. The van der Waals surface area contributed by atoms with Crippen LogP contribution in [0.5, 0.6) is 11.5 Å². The van der Waals surface area contributed by atoms with Gasteiger partial charge in [0.2, 0.25) is 0 Å². The lowest BCUT2D eigenvalue weighted by Gasteiger charge is -2.11. The van der Waals surface area contributed by atoms with Crippen molar-refractivity contribution in [3.05, 3.63) is 39.8 Å². The fraction of sp³-hybridized carbons (Fsp3) is 0.333. The van der Waals surface area contributed by atoms with Gasteiger partial charge in [-0.2, -0.15) is 5.26 Å². The van der Waals surface area contributed by atoms with Crippen LogP contribution in [0.4, 0.5) is 0 Å². The van der Waals surface area contributed by atoms with Gasteiger partial charge in [-0.3, -0.25) is 4.79 Å². The van der Waals surface area contributed by atoms with Gasteiger partial charge in [0.25, 0.3) is 0 Å². The topological polar surface area (TPSA) is 98.5 Å². The largest absolute Gasteiger partial charge is 0.493 e. The molecule has 1 aromatic carbocycles. The van der Waals surface area contributed by atoms with Crippen LogP contribution in [0.3, 0.4) is 0 Å². The summed E-state index contributed by atoms with van der Waals surface area (Å²) in [5.41, 5.74) is 0.952. The van der Waals surface area contributed by atoms with Crippen LogP contribution in [0.25, 0.3) is 0 Å². The van der Waals surface area contributed by atoms with Gasteiger partial charge < -0.3 is 14.2 Å². The van der Waals surface area contributed by atoms with E-state index in [2.05, 4.69) is 4.98 Å². The summed E-state index contributed by atoms with van der Waals surface area (Å²) in [4.78, 5) is 28.5. The molecule has 2 rings (SSSR count). The van der Waals surface area contributed by atoms with E-state index in [4.69, 9.17) is 14.2 Å². The number of aryl methyl sites for hydroxylation is 1. The summed E-state index contributed by atoms with van der Waals surface area (Å²) in [7, 11) is 1.46. The number of nitrogens with zero attached hydrogens (tertiary/aromatic N) is 2. The van der Waals surface area contributed by atoms with Gasteiger partial charge in [0.1, 0.15) is 5.01 Å². The first-order chi connectivity index (χ1) is 12.5. The summed E-state index contributed by atoms with van der Waals surface area (Å²) in [5, 5.41) is 11.4. The van der Waals surface area contributed by atoms with Gasteiger partial charge in [0, 0.05) is 11.1 Å². The van der Waals surface area contributed by atoms with Crippen LogP contribution in [0.2, 0.25) is 0 Å². The number of hydrogen-bond acceptors (Lipinski definition) is 8. The van der Waals surface area contributed by atoms with E-state index < -0.39 is 24.3 Å². The third kappa shape index (κ3) is 4.58. The highest BCUT2D eigenvalue weighted by molar-refractivity contribution is 7.09. The molecule has 0 aliphatic carbocycles. The molecule has 0 aliphatic heterocycles. The first-order valence-corrected chi connectivity index (χ1v) is 8.70. The molecule has 2 aromatic rings. The Hall–Kier alpha value is -2.92. The van der Waals surface area contributed by atoms with Crippen molar-refractivity contribution in [2.75, 3.05) is 20.3 Å². The number of ketones is 1. The van der Waals surface area contributed by atoms with Crippen molar-refractivity contribution in [1.29, 1.82) is 5.26 Å². The number of esters is 1. The Morgan fingerprint density at radius 3 is 2.69 bits per heavy atom. The maximum absolute atomic E-state index is 12.2. The molecule has 0 aliphatic rings. The number of methoxy groups -OCH3 is 1. The fourth-order valence-corrected chi connectivity index (χ4v) is 3.00. The number of ether oxygens (including phenoxy) is 3. The first kappa shape index (κ1) is 19.4. The number of hydrogen-bond donors (Lipinski definition) is 0. The molecule has 1 atom stereocenters. The van der Waals surface area contributed by atoms with Crippen molar-refractivity contribution in [2.24, 2.45) is 0 Å². The molecule has 8 heteroatoms. The molecular formula is C18H18N2O5S. The number of thiazole rings is 1. The molecule has 1 heterocycles. The number of rotatable bonds is 8. The predicted octanol–water partition coefficient (Wildman–Crippen LogP) is 2.89. The van der Waals surface area contributed by atoms with Gasteiger partial charge in [-0.25, -0.2) is 9.78 Å². The van der Waals surface area contributed by atoms with Crippen LogP contribution in [-0.2, 0) is 9.53 Å². The zero-order valence-corrected chi connectivity index (χ0v) is 15.5. The van der Waals surface area contributed by atoms with Crippen LogP contribution < -0.4 is 9.47 Å². The maximum Gasteiger partial charge on any atom is 0.338 e. The molecular weight excluding hydrogens is 356 g/mol. The lowest BCUT2D eigenvalue weighted by atomic mass is 10.1. The highest BCUT2D eigenvalue weighted by Crippen LogP contribution is 2.28. The fourth-order valence-electron chi connectivity index (χ4n) is 2.14. The van der Waals surface area contributed by atoms with Crippen LogP contribution >= 0.6 is 11.3 Å². The predicted molar refractivity (Wildman–Crippen MR) is 94.7 cm³/mol. The van der Waals surface area contributed by atoms with E-state index in [-0.39, 0.29) is 5.56 Å². The molecule has 0 saturated heterocycles. The third-order valence-electron chi connectivity index (χ3n) is 3.38. The second-order valence-electron chi connectivity index (χ2n) is 5.23. The number of aromatic nitrogens is 1. The minimum atomic E-state index is -1.05. The number of Topliss-reactive ketones (excluding diaryl/α,β-unsaturated/α-hetero) is 1. The molecule has 0 saturated carbocycles. The zero-order chi connectivity index (χ0) is 19.1. The molecule has 1 aromatic heterocycles. The minimum absolute atomic E-state index is 0.219. The summed E-state index contributed by atoms with van der Waals surface area (Å²) in [6, 6.07) is 6.50. The number of nitriles is 1. The van der Waals surface area contributed by atoms with Gasteiger partial charge in [-0.05, 0) is 32.0 Å². The van der Waals surface area contributed by atoms with Crippen molar-refractivity contribution in [3.63, 3.8) is 0 Å². The lowest BCUT2D eigenvalue weighted by Crippen LogP contribution is -2.20. The van der Waals surface area contributed by atoms with Gasteiger partial charge in [0.05, 0.1) is 25.3 Å². The highest BCUT2D eigenvalue weighted by atomic mass is 32.1. The van der Waals surface area contributed by atoms with Crippen LogP contribution in [0.1, 0.15) is 33.9 Å². The van der Waals surface area contributed by atoms with E-state index in [1.807, 2.05) is 13.0 Å².